The van der Waals surface area contributed by atoms with E-state index in [-0.39, 0.29) is 5.91 Å². The first-order valence-electron chi connectivity index (χ1n) is 7.27. The van der Waals surface area contributed by atoms with Crippen LogP contribution in [0.5, 0.6) is 5.75 Å². The fourth-order valence-corrected chi connectivity index (χ4v) is 2.08. The maximum absolute atomic E-state index is 12.2. The maximum Gasteiger partial charge on any atom is 0.228 e. The summed E-state index contributed by atoms with van der Waals surface area (Å²) in [7, 11) is 0. The number of aryl methyl sites for hydroxylation is 1. The Labute approximate surface area is 126 Å². The molecule has 1 N–H and O–H groups in total. The van der Waals surface area contributed by atoms with E-state index in [0.29, 0.717) is 13.0 Å². The first kappa shape index (κ1) is 15.1. The second-order valence-electron chi connectivity index (χ2n) is 5.00. The third kappa shape index (κ3) is 4.35. The zero-order valence-electron chi connectivity index (χ0n) is 12.6. The van der Waals surface area contributed by atoms with E-state index in [0.717, 1.165) is 29.0 Å². The molecule has 0 spiro atoms. The van der Waals surface area contributed by atoms with E-state index in [1.54, 1.807) is 0 Å². The van der Waals surface area contributed by atoms with Crippen molar-refractivity contribution in [3.63, 3.8) is 0 Å². The zero-order valence-corrected chi connectivity index (χ0v) is 12.6. The monoisotopic (exact) mass is 283 g/mol. The number of carbonyl (C=O) groups excluding carboxylic acids is 1. The van der Waals surface area contributed by atoms with Gasteiger partial charge in [0, 0.05) is 0 Å². The second kappa shape index (κ2) is 7.48. The third-order valence-corrected chi connectivity index (χ3v) is 3.24. The molecule has 0 saturated heterocycles. The molecule has 0 aliphatic rings. The van der Waals surface area contributed by atoms with Gasteiger partial charge in [-0.1, -0.05) is 43.3 Å². The Morgan fingerprint density at radius 3 is 2.57 bits per heavy atom. The van der Waals surface area contributed by atoms with Gasteiger partial charge in [0.15, 0.2) is 0 Å². The van der Waals surface area contributed by atoms with Crippen LogP contribution in [0.25, 0.3) is 0 Å². The summed E-state index contributed by atoms with van der Waals surface area (Å²) in [6, 6.07) is 15.5. The van der Waals surface area contributed by atoms with Gasteiger partial charge in [0.1, 0.15) is 5.75 Å². The van der Waals surface area contributed by atoms with E-state index in [1.165, 1.54) is 0 Å². The van der Waals surface area contributed by atoms with Gasteiger partial charge in [-0.3, -0.25) is 4.79 Å². The molecule has 0 bridgehead atoms. The molecule has 2 aromatic rings. The molecule has 0 saturated carbocycles. The highest BCUT2D eigenvalue weighted by atomic mass is 16.5. The van der Waals surface area contributed by atoms with Crippen molar-refractivity contribution in [3.8, 4) is 5.75 Å². The van der Waals surface area contributed by atoms with Crippen molar-refractivity contribution in [2.45, 2.75) is 26.7 Å². The van der Waals surface area contributed by atoms with Crippen LogP contribution in [0, 0.1) is 6.92 Å². The van der Waals surface area contributed by atoms with Crippen molar-refractivity contribution in [2.75, 3.05) is 11.9 Å². The molecule has 3 heteroatoms. The van der Waals surface area contributed by atoms with Crippen LogP contribution in [0.3, 0.4) is 0 Å². The minimum absolute atomic E-state index is 0.0307. The average molecular weight is 283 g/mol. The van der Waals surface area contributed by atoms with Crippen LogP contribution >= 0.6 is 0 Å². The molecule has 0 fully saturated rings. The standard InChI is InChI=1S/C18H21NO2/c1-3-12-21-17-11-7-6-10-16(17)19-18(20)13-15-9-5-4-8-14(15)2/h4-11H,3,12-13H2,1-2H3,(H,19,20). The number of rotatable bonds is 6. The van der Waals surface area contributed by atoms with Gasteiger partial charge in [0.2, 0.25) is 5.91 Å². The van der Waals surface area contributed by atoms with Crippen molar-refractivity contribution >= 4 is 11.6 Å². The van der Waals surface area contributed by atoms with Gasteiger partial charge >= 0.3 is 0 Å². The van der Waals surface area contributed by atoms with E-state index < -0.39 is 0 Å². The Kier molecular flexibility index (Phi) is 5.38. The molecule has 0 radical (unpaired) electrons. The number of hydrogen-bond acceptors (Lipinski definition) is 2. The zero-order chi connectivity index (χ0) is 15.1. The van der Waals surface area contributed by atoms with Gasteiger partial charge in [-0.05, 0) is 36.6 Å². The van der Waals surface area contributed by atoms with Gasteiger partial charge in [0.05, 0.1) is 18.7 Å². The Morgan fingerprint density at radius 2 is 1.81 bits per heavy atom. The summed E-state index contributed by atoms with van der Waals surface area (Å²) in [6.07, 6.45) is 1.31. The number of benzene rings is 2. The lowest BCUT2D eigenvalue weighted by Crippen LogP contribution is -2.15. The van der Waals surface area contributed by atoms with Gasteiger partial charge in [-0.15, -0.1) is 0 Å². The molecule has 21 heavy (non-hydrogen) atoms. The minimum atomic E-state index is -0.0307. The summed E-state index contributed by atoms with van der Waals surface area (Å²) in [6.45, 7) is 4.71. The number of ether oxygens (including phenoxy) is 1. The van der Waals surface area contributed by atoms with Crippen molar-refractivity contribution in [1.29, 1.82) is 0 Å². The molecular weight excluding hydrogens is 262 g/mol. The Hall–Kier alpha value is -2.29. The Bertz CT molecular complexity index is 608. The molecule has 0 aromatic heterocycles. The summed E-state index contributed by atoms with van der Waals surface area (Å²) < 4.78 is 5.65. The molecule has 0 aliphatic heterocycles. The summed E-state index contributed by atoms with van der Waals surface area (Å²) in [5.41, 5.74) is 2.90. The average Bonchev–Trinajstić information content (AvgIpc) is 2.49. The lowest BCUT2D eigenvalue weighted by Gasteiger charge is -2.12. The van der Waals surface area contributed by atoms with Gasteiger partial charge < -0.3 is 10.1 Å². The maximum atomic E-state index is 12.2. The quantitative estimate of drug-likeness (QED) is 0.871. The SMILES string of the molecule is CCCOc1ccccc1NC(=O)Cc1ccccc1C. The van der Waals surface area contributed by atoms with E-state index in [4.69, 9.17) is 4.74 Å². The van der Waals surface area contributed by atoms with Crippen LogP contribution in [0.15, 0.2) is 48.5 Å². The number of hydrogen-bond donors (Lipinski definition) is 1. The molecule has 110 valence electrons. The van der Waals surface area contributed by atoms with Crippen LogP contribution in [-0.2, 0) is 11.2 Å². The van der Waals surface area contributed by atoms with E-state index in [1.807, 2.05) is 55.5 Å². The first-order chi connectivity index (χ1) is 10.2. The minimum Gasteiger partial charge on any atom is -0.491 e. The van der Waals surface area contributed by atoms with Crippen LogP contribution in [0.4, 0.5) is 5.69 Å². The molecule has 1 amide bonds. The third-order valence-electron chi connectivity index (χ3n) is 3.24. The molecule has 2 aromatic carbocycles. The Morgan fingerprint density at radius 1 is 1.10 bits per heavy atom. The predicted molar refractivity (Wildman–Crippen MR) is 85.7 cm³/mol. The fraction of sp³-hybridized carbons (Fsp3) is 0.278. The predicted octanol–water partition coefficient (Wildman–Crippen LogP) is 3.97. The molecule has 0 aliphatic carbocycles. The van der Waals surface area contributed by atoms with Crippen molar-refractivity contribution in [1.82, 2.24) is 0 Å². The number of nitrogens with one attached hydrogen (secondary N) is 1. The molecule has 0 unspecified atom stereocenters. The topological polar surface area (TPSA) is 38.3 Å². The number of anilines is 1. The van der Waals surface area contributed by atoms with Gasteiger partial charge in [-0.2, -0.15) is 0 Å². The van der Waals surface area contributed by atoms with E-state index >= 15 is 0 Å². The van der Waals surface area contributed by atoms with Crippen LogP contribution < -0.4 is 10.1 Å². The van der Waals surface area contributed by atoms with Gasteiger partial charge in [0.25, 0.3) is 0 Å². The number of para-hydroxylation sites is 2. The molecule has 2 rings (SSSR count). The lowest BCUT2D eigenvalue weighted by molar-refractivity contribution is -0.115. The van der Waals surface area contributed by atoms with E-state index in [2.05, 4.69) is 12.2 Å². The van der Waals surface area contributed by atoms with Crippen molar-refractivity contribution < 1.29 is 9.53 Å². The largest absolute Gasteiger partial charge is 0.491 e. The second-order valence-corrected chi connectivity index (χ2v) is 5.00. The number of amides is 1. The molecule has 0 atom stereocenters. The van der Waals surface area contributed by atoms with E-state index in [9.17, 15) is 4.79 Å². The van der Waals surface area contributed by atoms with Crippen LogP contribution in [-0.4, -0.2) is 12.5 Å². The highest BCUT2D eigenvalue weighted by molar-refractivity contribution is 5.93. The van der Waals surface area contributed by atoms with Gasteiger partial charge in [-0.25, -0.2) is 0 Å². The highest BCUT2D eigenvalue weighted by Gasteiger charge is 2.09. The molecule has 0 heterocycles. The van der Waals surface area contributed by atoms with Crippen LogP contribution in [0.1, 0.15) is 24.5 Å². The summed E-state index contributed by atoms with van der Waals surface area (Å²) in [5, 5.41) is 2.93. The van der Waals surface area contributed by atoms with Crippen LogP contribution in [0.2, 0.25) is 0 Å². The highest BCUT2D eigenvalue weighted by Crippen LogP contribution is 2.24. The molecular formula is C18H21NO2. The first-order valence-corrected chi connectivity index (χ1v) is 7.27. The summed E-state index contributed by atoms with van der Waals surface area (Å²) >= 11 is 0. The van der Waals surface area contributed by atoms with Crippen molar-refractivity contribution in [2.24, 2.45) is 0 Å². The van der Waals surface area contributed by atoms with Crippen molar-refractivity contribution in [3.05, 3.63) is 59.7 Å². The number of carbonyl (C=O) groups is 1. The normalized spacial score (nSPS) is 10.2. The summed E-state index contributed by atoms with van der Waals surface area (Å²) in [5.74, 6) is 0.689. The lowest BCUT2D eigenvalue weighted by atomic mass is 10.1. The Balaban J connectivity index is 2.04. The fourth-order valence-electron chi connectivity index (χ4n) is 2.08. The summed E-state index contributed by atoms with van der Waals surface area (Å²) in [4.78, 5) is 12.2. The molecule has 3 nitrogen and oxygen atoms in total. The smallest absolute Gasteiger partial charge is 0.228 e.